The SMILES string of the molecule is CCCCCCCCOc1ncnc(NN)c1CC. The molecule has 0 aliphatic heterocycles. The van der Waals surface area contributed by atoms with Gasteiger partial charge in [-0.3, -0.25) is 0 Å². The van der Waals surface area contributed by atoms with E-state index in [0.29, 0.717) is 18.3 Å². The summed E-state index contributed by atoms with van der Waals surface area (Å²) in [5.41, 5.74) is 3.52. The molecule has 0 aliphatic rings. The second-order valence-electron chi connectivity index (χ2n) is 4.62. The zero-order valence-corrected chi connectivity index (χ0v) is 12.1. The first-order chi connectivity index (χ1) is 9.33. The molecule has 0 amide bonds. The molecule has 0 saturated carbocycles. The Morgan fingerprint density at radius 1 is 1.11 bits per heavy atom. The average Bonchev–Trinajstić information content (AvgIpc) is 2.45. The maximum atomic E-state index is 5.73. The number of nitrogens with zero attached hydrogens (tertiary/aromatic N) is 2. The van der Waals surface area contributed by atoms with Crippen LogP contribution in [0.25, 0.3) is 0 Å². The molecule has 3 N–H and O–H groups in total. The van der Waals surface area contributed by atoms with Crippen LogP contribution < -0.4 is 16.0 Å². The molecule has 1 aromatic heterocycles. The molecule has 19 heavy (non-hydrogen) atoms. The van der Waals surface area contributed by atoms with Gasteiger partial charge in [-0.15, -0.1) is 0 Å². The van der Waals surface area contributed by atoms with E-state index in [2.05, 4.69) is 22.3 Å². The molecular weight excluding hydrogens is 240 g/mol. The second kappa shape index (κ2) is 9.55. The van der Waals surface area contributed by atoms with Gasteiger partial charge in [-0.05, 0) is 12.8 Å². The van der Waals surface area contributed by atoms with Crippen molar-refractivity contribution in [2.24, 2.45) is 5.84 Å². The van der Waals surface area contributed by atoms with Crippen molar-refractivity contribution in [3.05, 3.63) is 11.9 Å². The predicted molar refractivity (Wildman–Crippen MR) is 78.1 cm³/mol. The summed E-state index contributed by atoms with van der Waals surface area (Å²) in [6.07, 6.45) is 9.79. The molecule has 1 heterocycles. The van der Waals surface area contributed by atoms with E-state index in [1.54, 1.807) is 0 Å². The number of ether oxygens (including phenoxy) is 1. The smallest absolute Gasteiger partial charge is 0.221 e. The van der Waals surface area contributed by atoms with Crippen LogP contribution in [0.4, 0.5) is 5.82 Å². The summed E-state index contributed by atoms with van der Waals surface area (Å²) in [7, 11) is 0. The van der Waals surface area contributed by atoms with Gasteiger partial charge in [0, 0.05) is 0 Å². The summed E-state index contributed by atoms with van der Waals surface area (Å²) >= 11 is 0. The third-order valence-corrected chi connectivity index (χ3v) is 3.13. The molecular formula is C14H26N4O. The minimum atomic E-state index is 0.649. The molecule has 5 heteroatoms. The summed E-state index contributed by atoms with van der Waals surface area (Å²) in [6.45, 7) is 4.98. The van der Waals surface area contributed by atoms with Gasteiger partial charge >= 0.3 is 0 Å². The number of aromatic nitrogens is 2. The van der Waals surface area contributed by atoms with Crippen molar-refractivity contribution < 1.29 is 4.74 Å². The number of nitrogen functional groups attached to an aromatic ring is 1. The molecule has 0 unspecified atom stereocenters. The topological polar surface area (TPSA) is 73.1 Å². The van der Waals surface area contributed by atoms with E-state index in [0.717, 1.165) is 18.4 Å². The number of rotatable bonds is 10. The molecule has 1 aromatic rings. The Hall–Kier alpha value is -1.36. The van der Waals surface area contributed by atoms with Crippen molar-refractivity contribution in [3.63, 3.8) is 0 Å². The van der Waals surface area contributed by atoms with Crippen LogP contribution in [0.2, 0.25) is 0 Å². The first-order valence-electron chi connectivity index (χ1n) is 7.26. The van der Waals surface area contributed by atoms with Gasteiger partial charge < -0.3 is 10.2 Å². The summed E-state index contributed by atoms with van der Waals surface area (Å²) in [5.74, 6) is 6.72. The van der Waals surface area contributed by atoms with Gasteiger partial charge in [0.25, 0.3) is 0 Å². The van der Waals surface area contributed by atoms with E-state index in [1.165, 1.54) is 38.4 Å². The molecule has 0 spiro atoms. The molecule has 0 aromatic carbocycles. The second-order valence-corrected chi connectivity index (χ2v) is 4.62. The Kier molecular flexibility index (Phi) is 7.89. The molecule has 0 saturated heterocycles. The molecule has 1 rings (SSSR count). The fourth-order valence-electron chi connectivity index (χ4n) is 2.01. The highest BCUT2D eigenvalue weighted by Gasteiger charge is 2.09. The third kappa shape index (κ3) is 5.42. The van der Waals surface area contributed by atoms with E-state index in [4.69, 9.17) is 10.6 Å². The number of hydrogen-bond donors (Lipinski definition) is 2. The third-order valence-electron chi connectivity index (χ3n) is 3.13. The Bertz CT molecular complexity index is 357. The van der Waals surface area contributed by atoms with Gasteiger partial charge in [-0.2, -0.15) is 0 Å². The first kappa shape index (κ1) is 15.7. The lowest BCUT2D eigenvalue weighted by Crippen LogP contribution is -2.13. The van der Waals surface area contributed by atoms with E-state index < -0.39 is 0 Å². The van der Waals surface area contributed by atoms with Gasteiger partial charge in [0.05, 0.1) is 12.2 Å². The quantitative estimate of drug-likeness (QED) is 0.387. The zero-order chi connectivity index (χ0) is 13.9. The van der Waals surface area contributed by atoms with Crippen LogP contribution in [0.15, 0.2) is 6.33 Å². The van der Waals surface area contributed by atoms with Crippen molar-refractivity contribution >= 4 is 5.82 Å². The van der Waals surface area contributed by atoms with Gasteiger partial charge in [-0.25, -0.2) is 15.8 Å². The summed E-state index contributed by atoms with van der Waals surface area (Å²) in [4.78, 5) is 8.26. The fourth-order valence-corrected chi connectivity index (χ4v) is 2.01. The highest BCUT2D eigenvalue weighted by atomic mass is 16.5. The normalized spacial score (nSPS) is 10.5. The van der Waals surface area contributed by atoms with Gasteiger partial charge in [0.2, 0.25) is 5.88 Å². The largest absolute Gasteiger partial charge is 0.477 e. The number of anilines is 1. The van der Waals surface area contributed by atoms with Crippen molar-refractivity contribution in [2.75, 3.05) is 12.0 Å². The standard InChI is InChI=1S/C14H26N4O/c1-3-5-6-7-8-9-10-19-14-12(4-2)13(18-15)16-11-17-14/h11H,3-10,15H2,1-2H3,(H,16,17,18). The molecule has 0 bridgehead atoms. The number of hydrogen-bond acceptors (Lipinski definition) is 5. The Morgan fingerprint density at radius 2 is 1.84 bits per heavy atom. The summed E-state index contributed by atoms with van der Waals surface area (Å²) in [6, 6.07) is 0. The summed E-state index contributed by atoms with van der Waals surface area (Å²) < 4.78 is 5.73. The van der Waals surface area contributed by atoms with Crippen LogP contribution in [0.5, 0.6) is 5.88 Å². The zero-order valence-electron chi connectivity index (χ0n) is 12.1. The van der Waals surface area contributed by atoms with Gasteiger partial charge in [0.15, 0.2) is 0 Å². The van der Waals surface area contributed by atoms with E-state index in [1.807, 2.05) is 6.92 Å². The highest BCUT2D eigenvalue weighted by molar-refractivity contribution is 5.47. The molecule has 5 nitrogen and oxygen atoms in total. The lowest BCUT2D eigenvalue weighted by Gasteiger charge is -2.11. The summed E-state index contributed by atoms with van der Waals surface area (Å²) in [5, 5.41) is 0. The minimum Gasteiger partial charge on any atom is -0.477 e. The maximum Gasteiger partial charge on any atom is 0.221 e. The lowest BCUT2D eigenvalue weighted by molar-refractivity contribution is 0.290. The van der Waals surface area contributed by atoms with Crippen LogP contribution >= 0.6 is 0 Å². The number of nitrogens with two attached hydrogens (primary N) is 1. The van der Waals surface area contributed by atoms with Crippen molar-refractivity contribution in [3.8, 4) is 5.88 Å². The number of hydrazine groups is 1. The lowest BCUT2D eigenvalue weighted by atomic mass is 10.1. The van der Waals surface area contributed by atoms with Crippen LogP contribution in [0.1, 0.15) is 57.9 Å². The minimum absolute atomic E-state index is 0.649. The van der Waals surface area contributed by atoms with Gasteiger partial charge in [-0.1, -0.05) is 46.0 Å². The van der Waals surface area contributed by atoms with E-state index >= 15 is 0 Å². The Morgan fingerprint density at radius 3 is 2.53 bits per heavy atom. The van der Waals surface area contributed by atoms with Crippen LogP contribution in [-0.2, 0) is 6.42 Å². The number of nitrogens with one attached hydrogen (secondary N) is 1. The van der Waals surface area contributed by atoms with Crippen LogP contribution in [0.3, 0.4) is 0 Å². The van der Waals surface area contributed by atoms with E-state index in [9.17, 15) is 0 Å². The monoisotopic (exact) mass is 266 g/mol. The number of unbranched alkanes of at least 4 members (excludes halogenated alkanes) is 5. The highest BCUT2D eigenvalue weighted by Crippen LogP contribution is 2.21. The fraction of sp³-hybridized carbons (Fsp3) is 0.714. The Labute approximate surface area is 115 Å². The average molecular weight is 266 g/mol. The molecule has 108 valence electrons. The van der Waals surface area contributed by atoms with Crippen molar-refractivity contribution in [1.29, 1.82) is 0 Å². The van der Waals surface area contributed by atoms with Crippen molar-refractivity contribution in [2.45, 2.75) is 58.8 Å². The maximum absolute atomic E-state index is 5.73. The first-order valence-corrected chi connectivity index (χ1v) is 7.26. The van der Waals surface area contributed by atoms with Crippen LogP contribution in [-0.4, -0.2) is 16.6 Å². The van der Waals surface area contributed by atoms with E-state index in [-0.39, 0.29) is 0 Å². The molecule has 0 radical (unpaired) electrons. The van der Waals surface area contributed by atoms with Crippen LogP contribution in [0, 0.1) is 0 Å². The molecule has 0 atom stereocenters. The van der Waals surface area contributed by atoms with Crippen molar-refractivity contribution in [1.82, 2.24) is 9.97 Å². The molecule has 0 aliphatic carbocycles. The Balaban J connectivity index is 2.33. The van der Waals surface area contributed by atoms with Gasteiger partial charge in [0.1, 0.15) is 12.1 Å². The molecule has 0 fully saturated rings. The predicted octanol–water partition coefficient (Wildman–Crippen LogP) is 3.06.